The predicted molar refractivity (Wildman–Crippen MR) is 73.5 cm³/mol. The highest BCUT2D eigenvalue weighted by atomic mass is 28.3. The van der Waals surface area contributed by atoms with E-state index in [1.807, 2.05) is 6.08 Å². The van der Waals surface area contributed by atoms with Crippen molar-refractivity contribution in [2.24, 2.45) is 0 Å². The van der Waals surface area contributed by atoms with E-state index >= 15 is 0 Å². The molecule has 0 aliphatic carbocycles. The van der Waals surface area contributed by atoms with Gasteiger partial charge in [-0.2, -0.15) is 0 Å². The van der Waals surface area contributed by atoms with E-state index in [2.05, 4.69) is 44.7 Å². The first-order valence-electron chi connectivity index (χ1n) is 6.04. The van der Waals surface area contributed by atoms with Crippen LogP contribution in [-0.4, -0.2) is 8.80 Å². The van der Waals surface area contributed by atoms with E-state index in [1.165, 1.54) is 30.5 Å². The fraction of sp³-hybridized carbons (Fsp3) is 0.429. The van der Waals surface area contributed by atoms with E-state index in [-0.39, 0.29) is 0 Å². The van der Waals surface area contributed by atoms with Gasteiger partial charge in [-0.1, -0.05) is 80.9 Å². The molecule has 0 nitrogen and oxygen atoms in total. The van der Waals surface area contributed by atoms with Crippen LogP contribution in [0.1, 0.15) is 32.3 Å². The molecule has 0 atom stereocenters. The third-order valence-electron chi connectivity index (χ3n) is 2.92. The fourth-order valence-electron chi connectivity index (χ4n) is 2.08. The molecule has 0 spiro atoms. The van der Waals surface area contributed by atoms with Gasteiger partial charge in [-0.3, -0.25) is 0 Å². The zero-order valence-corrected chi connectivity index (χ0v) is 11.2. The molecule has 0 bridgehead atoms. The van der Waals surface area contributed by atoms with Crippen LogP contribution >= 0.6 is 0 Å². The Labute approximate surface area is 95.6 Å². The summed E-state index contributed by atoms with van der Waals surface area (Å²) in [6, 6.07) is 11.9. The van der Waals surface area contributed by atoms with Crippen molar-refractivity contribution in [1.82, 2.24) is 0 Å². The molecule has 1 aromatic carbocycles. The first-order chi connectivity index (χ1) is 7.31. The quantitative estimate of drug-likeness (QED) is 0.640. The number of hydrogen-bond donors (Lipinski definition) is 0. The molecule has 0 saturated carbocycles. The minimum absolute atomic E-state index is 0.658. The van der Waals surface area contributed by atoms with Gasteiger partial charge < -0.3 is 0 Å². The summed E-state index contributed by atoms with van der Waals surface area (Å²) in [5.41, 5.74) is 1.24. The summed E-state index contributed by atoms with van der Waals surface area (Å²) < 4.78 is 0. The maximum absolute atomic E-state index is 3.79. The maximum Gasteiger partial charge on any atom is 0.0708 e. The number of hydrogen-bond acceptors (Lipinski definition) is 0. The highest BCUT2D eigenvalue weighted by Crippen LogP contribution is 2.08. The van der Waals surface area contributed by atoms with Crippen molar-refractivity contribution in [2.75, 3.05) is 0 Å². The van der Waals surface area contributed by atoms with E-state index in [9.17, 15) is 0 Å². The lowest BCUT2D eigenvalue weighted by molar-refractivity contribution is 1.01. The molecule has 0 aliphatic rings. The monoisotopic (exact) mass is 218 g/mol. The third kappa shape index (κ3) is 3.67. The summed E-state index contributed by atoms with van der Waals surface area (Å²) in [6.07, 6.45) is 4.58. The predicted octanol–water partition coefficient (Wildman–Crippen LogP) is 3.58. The Kier molecular flexibility index (Phi) is 5.41. The van der Waals surface area contributed by atoms with Gasteiger partial charge in [-0.15, -0.1) is 0 Å². The molecule has 1 rings (SSSR count). The molecule has 0 N–H and O–H groups in total. The molecule has 0 unspecified atom stereocenters. The first kappa shape index (κ1) is 12.2. The summed E-state index contributed by atoms with van der Waals surface area (Å²) in [5, 5.41) is 1.63. The fourth-order valence-corrected chi connectivity index (χ4v) is 5.16. The SMILES string of the molecule is C=Cc1ccc([SiH](CCC)CCC)cc1. The van der Waals surface area contributed by atoms with Crippen molar-refractivity contribution in [3.63, 3.8) is 0 Å². The highest BCUT2D eigenvalue weighted by Gasteiger charge is 2.10. The van der Waals surface area contributed by atoms with Gasteiger partial charge in [0.25, 0.3) is 0 Å². The largest absolute Gasteiger partial charge is 0.0985 e. The normalized spacial score (nSPS) is 10.6. The van der Waals surface area contributed by atoms with Crippen molar-refractivity contribution in [3.05, 3.63) is 36.4 Å². The van der Waals surface area contributed by atoms with Crippen molar-refractivity contribution >= 4 is 20.1 Å². The third-order valence-corrected chi connectivity index (χ3v) is 6.79. The van der Waals surface area contributed by atoms with Gasteiger partial charge in [0.15, 0.2) is 0 Å². The molecule has 0 saturated heterocycles. The molecule has 0 amide bonds. The zero-order valence-electron chi connectivity index (χ0n) is 10.00. The van der Waals surface area contributed by atoms with Crippen molar-refractivity contribution in [1.29, 1.82) is 0 Å². The topological polar surface area (TPSA) is 0 Å². The van der Waals surface area contributed by atoms with E-state index in [1.54, 1.807) is 5.19 Å². The van der Waals surface area contributed by atoms with Gasteiger partial charge in [-0.05, 0) is 5.56 Å². The minimum atomic E-state index is -0.658. The Morgan fingerprint density at radius 3 is 2.00 bits per heavy atom. The van der Waals surface area contributed by atoms with Gasteiger partial charge >= 0.3 is 0 Å². The molecule has 82 valence electrons. The Balaban J connectivity index is 2.76. The minimum Gasteiger partial charge on any atom is -0.0985 e. The Morgan fingerprint density at radius 2 is 1.60 bits per heavy atom. The highest BCUT2D eigenvalue weighted by molar-refractivity contribution is 6.73. The average molecular weight is 218 g/mol. The van der Waals surface area contributed by atoms with E-state index < -0.39 is 8.80 Å². The lowest BCUT2D eigenvalue weighted by atomic mass is 10.2. The average Bonchev–Trinajstić information content (AvgIpc) is 2.29. The van der Waals surface area contributed by atoms with Crippen LogP contribution in [0, 0.1) is 0 Å². The van der Waals surface area contributed by atoms with Gasteiger partial charge in [0.2, 0.25) is 0 Å². The maximum atomic E-state index is 3.79. The smallest absolute Gasteiger partial charge is 0.0708 e. The summed E-state index contributed by atoms with van der Waals surface area (Å²) in [5.74, 6) is 0. The van der Waals surface area contributed by atoms with Gasteiger partial charge in [-0.25, -0.2) is 0 Å². The van der Waals surface area contributed by atoms with Crippen LogP contribution in [0.15, 0.2) is 30.8 Å². The van der Waals surface area contributed by atoms with Crippen LogP contribution in [0.4, 0.5) is 0 Å². The Morgan fingerprint density at radius 1 is 1.07 bits per heavy atom. The molecule has 0 heterocycles. The van der Waals surface area contributed by atoms with E-state index in [4.69, 9.17) is 0 Å². The standard InChI is InChI=1S/C14H22Si/c1-4-11-15(12-5-2)14-9-7-13(6-3)8-10-14/h6-10,15H,3-5,11-12H2,1-2H3. The summed E-state index contributed by atoms with van der Waals surface area (Å²) in [7, 11) is -0.658. The van der Waals surface area contributed by atoms with Gasteiger partial charge in [0.05, 0.1) is 8.80 Å². The molecular weight excluding hydrogens is 196 g/mol. The van der Waals surface area contributed by atoms with Gasteiger partial charge in [0.1, 0.15) is 0 Å². The van der Waals surface area contributed by atoms with Crippen LogP contribution in [0.25, 0.3) is 6.08 Å². The van der Waals surface area contributed by atoms with Crippen molar-refractivity contribution < 1.29 is 0 Å². The Hall–Kier alpha value is -0.823. The number of rotatable bonds is 6. The molecule has 15 heavy (non-hydrogen) atoms. The number of benzene rings is 1. The van der Waals surface area contributed by atoms with E-state index in [0.29, 0.717) is 0 Å². The summed E-state index contributed by atoms with van der Waals surface area (Å²) in [4.78, 5) is 0. The van der Waals surface area contributed by atoms with Crippen LogP contribution in [0.2, 0.25) is 12.1 Å². The molecule has 1 heteroatoms. The summed E-state index contributed by atoms with van der Waals surface area (Å²) in [6.45, 7) is 8.39. The lowest BCUT2D eigenvalue weighted by Crippen LogP contribution is -2.29. The van der Waals surface area contributed by atoms with E-state index in [0.717, 1.165) is 0 Å². The van der Waals surface area contributed by atoms with Gasteiger partial charge in [0, 0.05) is 0 Å². The summed E-state index contributed by atoms with van der Waals surface area (Å²) >= 11 is 0. The molecule has 1 aromatic rings. The first-order valence-corrected chi connectivity index (χ1v) is 8.25. The van der Waals surface area contributed by atoms with Crippen molar-refractivity contribution in [3.8, 4) is 0 Å². The molecule has 0 aromatic heterocycles. The molecule has 0 radical (unpaired) electrons. The van der Waals surface area contributed by atoms with Crippen LogP contribution in [0.5, 0.6) is 0 Å². The van der Waals surface area contributed by atoms with Crippen LogP contribution < -0.4 is 5.19 Å². The lowest BCUT2D eigenvalue weighted by Gasteiger charge is -2.14. The zero-order chi connectivity index (χ0) is 11.1. The Bertz CT molecular complexity index is 281. The second kappa shape index (κ2) is 6.62. The molecule has 0 fully saturated rings. The molecule has 0 aliphatic heterocycles. The molecular formula is C14H22Si. The van der Waals surface area contributed by atoms with Crippen LogP contribution in [0.3, 0.4) is 0 Å². The van der Waals surface area contributed by atoms with Crippen LogP contribution in [-0.2, 0) is 0 Å². The van der Waals surface area contributed by atoms with Crippen molar-refractivity contribution in [2.45, 2.75) is 38.8 Å². The second-order valence-corrected chi connectivity index (χ2v) is 7.36. The second-order valence-electron chi connectivity index (χ2n) is 4.15.